The third kappa shape index (κ3) is 4.21. The number of aromatic hydroxyl groups is 5. The van der Waals surface area contributed by atoms with Crippen molar-refractivity contribution in [2.75, 3.05) is 0 Å². The van der Waals surface area contributed by atoms with Crippen molar-refractivity contribution < 1.29 is 30.3 Å². The SMILES string of the molecule is Oc1ccc([C@@H]2Oc3ccc(/C=C/c4cc(O)cc(O)c4)cc3[C@@H]2c2cc(O)cc(O)c2)cc1. The first-order valence-corrected chi connectivity index (χ1v) is 10.7. The van der Waals surface area contributed by atoms with Crippen molar-refractivity contribution in [2.45, 2.75) is 12.0 Å². The maximum absolute atomic E-state index is 10.1. The van der Waals surface area contributed by atoms with Gasteiger partial charge in [0.1, 0.15) is 40.6 Å². The average Bonchev–Trinajstić information content (AvgIpc) is 3.15. The molecule has 5 N–H and O–H groups in total. The minimum Gasteiger partial charge on any atom is -0.508 e. The van der Waals surface area contributed by atoms with Gasteiger partial charge in [-0.15, -0.1) is 0 Å². The molecular formula is C28H22O6. The second-order valence-electron chi connectivity index (χ2n) is 8.30. The topological polar surface area (TPSA) is 110 Å². The fourth-order valence-corrected chi connectivity index (χ4v) is 4.37. The van der Waals surface area contributed by atoms with Crippen LogP contribution in [0.1, 0.15) is 39.8 Å². The van der Waals surface area contributed by atoms with Gasteiger partial charge in [0.25, 0.3) is 0 Å². The van der Waals surface area contributed by atoms with E-state index >= 15 is 0 Å². The second kappa shape index (κ2) is 8.41. The highest BCUT2D eigenvalue weighted by molar-refractivity contribution is 5.72. The van der Waals surface area contributed by atoms with Gasteiger partial charge < -0.3 is 30.3 Å². The van der Waals surface area contributed by atoms with Crippen LogP contribution in [0.3, 0.4) is 0 Å². The van der Waals surface area contributed by atoms with E-state index in [9.17, 15) is 25.5 Å². The van der Waals surface area contributed by atoms with Crippen molar-refractivity contribution >= 4 is 12.2 Å². The Labute approximate surface area is 195 Å². The molecule has 170 valence electrons. The highest BCUT2D eigenvalue weighted by Gasteiger charge is 2.37. The lowest BCUT2D eigenvalue weighted by atomic mass is 9.84. The van der Waals surface area contributed by atoms with Crippen LogP contribution in [0.4, 0.5) is 0 Å². The summed E-state index contributed by atoms with van der Waals surface area (Å²) in [5.74, 6) is 0.357. The molecule has 1 aliphatic heterocycles. The molecule has 2 atom stereocenters. The van der Waals surface area contributed by atoms with Gasteiger partial charge in [-0.3, -0.25) is 0 Å². The summed E-state index contributed by atoms with van der Waals surface area (Å²) in [6.07, 6.45) is 3.21. The van der Waals surface area contributed by atoms with Crippen LogP contribution in [0.2, 0.25) is 0 Å². The lowest BCUT2D eigenvalue weighted by Gasteiger charge is -2.20. The number of hydrogen-bond acceptors (Lipinski definition) is 6. The standard InChI is InChI=1S/C28H22O6/c29-20-6-4-18(5-7-20)28-27(19-12-23(32)15-24(33)13-19)25-11-16(3-8-26(25)34-28)1-2-17-9-21(30)14-22(31)10-17/h1-15,27-33H/b2-1+/t27-,28-/m0/s1. The maximum Gasteiger partial charge on any atom is 0.135 e. The van der Waals surface area contributed by atoms with E-state index in [1.165, 1.54) is 12.1 Å². The molecule has 0 unspecified atom stereocenters. The van der Waals surface area contributed by atoms with E-state index < -0.39 is 6.10 Å². The Bertz CT molecular complexity index is 1350. The molecule has 0 aliphatic carbocycles. The molecular weight excluding hydrogens is 432 g/mol. The second-order valence-corrected chi connectivity index (χ2v) is 8.30. The molecule has 4 aromatic carbocycles. The molecule has 0 amide bonds. The summed E-state index contributed by atoms with van der Waals surface area (Å²) in [5.41, 5.74) is 3.92. The van der Waals surface area contributed by atoms with Gasteiger partial charge in [0, 0.05) is 17.7 Å². The van der Waals surface area contributed by atoms with Crippen molar-refractivity contribution in [1.29, 1.82) is 0 Å². The predicted octanol–water partition coefficient (Wildman–Crippen LogP) is 5.65. The molecule has 1 heterocycles. The first kappa shape index (κ1) is 21.3. The molecule has 0 spiro atoms. The first-order chi connectivity index (χ1) is 16.4. The van der Waals surface area contributed by atoms with Crippen LogP contribution in [0.5, 0.6) is 34.5 Å². The molecule has 0 radical (unpaired) electrons. The number of hydrogen-bond donors (Lipinski definition) is 5. The molecule has 1 aliphatic rings. The monoisotopic (exact) mass is 454 g/mol. The third-order valence-corrected chi connectivity index (χ3v) is 5.82. The predicted molar refractivity (Wildman–Crippen MR) is 128 cm³/mol. The van der Waals surface area contributed by atoms with Crippen molar-refractivity contribution in [1.82, 2.24) is 0 Å². The van der Waals surface area contributed by atoms with Crippen LogP contribution in [0.25, 0.3) is 12.2 Å². The Hall–Kier alpha value is -4.58. The van der Waals surface area contributed by atoms with E-state index in [4.69, 9.17) is 4.74 Å². The van der Waals surface area contributed by atoms with Crippen molar-refractivity contribution in [3.63, 3.8) is 0 Å². The van der Waals surface area contributed by atoms with Crippen LogP contribution in [0.15, 0.2) is 78.9 Å². The zero-order valence-electron chi connectivity index (χ0n) is 18.0. The largest absolute Gasteiger partial charge is 0.508 e. The highest BCUT2D eigenvalue weighted by Crippen LogP contribution is 2.51. The zero-order chi connectivity index (χ0) is 23.8. The summed E-state index contributed by atoms with van der Waals surface area (Å²) in [4.78, 5) is 0. The van der Waals surface area contributed by atoms with E-state index in [1.807, 2.05) is 24.3 Å². The number of rotatable bonds is 4. The van der Waals surface area contributed by atoms with Crippen LogP contribution >= 0.6 is 0 Å². The van der Waals surface area contributed by atoms with E-state index in [-0.39, 0.29) is 34.7 Å². The number of fused-ring (bicyclic) bond motifs is 1. The number of phenols is 5. The summed E-state index contributed by atoms with van der Waals surface area (Å²) < 4.78 is 6.29. The molecule has 4 aromatic rings. The summed E-state index contributed by atoms with van der Waals surface area (Å²) in [6.45, 7) is 0. The Kier molecular flexibility index (Phi) is 5.26. The van der Waals surface area contributed by atoms with Crippen LogP contribution < -0.4 is 4.74 Å². The van der Waals surface area contributed by atoms with Crippen LogP contribution in [0, 0.1) is 0 Å². The summed E-state index contributed by atoms with van der Waals surface area (Å²) in [5, 5.41) is 49.4. The zero-order valence-corrected chi connectivity index (χ0v) is 18.0. The Balaban J connectivity index is 1.57. The summed E-state index contributed by atoms with van der Waals surface area (Å²) in [7, 11) is 0. The van der Waals surface area contributed by atoms with E-state index in [1.54, 1.807) is 54.6 Å². The molecule has 0 bridgehead atoms. The van der Waals surface area contributed by atoms with Gasteiger partial charge in [0.2, 0.25) is 0 Å². The van der Waals surface area contributed by atoms with Gasteiger partial charge in [-0.25, -0.2) is 0 Å². The normalized spacial score (nSPS) is 16.9. The van der Waals surface area contributed by atoms with Crippen molar-refractivity contribution in [2.24, 2.45) is 0 Å². The Morgan fingerprint density at radius 3 is 1.76 bits per heavy atom. The van der Waals surface area contributed by atoms with Gasteiger partial charge in [-0.1, -0.05) is 30.4 Å². The fourth-order valence-electron chi connectivity index (χ4n) is 4.37. The van der Waals surface area contributed by atoms with Crippen LogP contribution in [-0.4, -0.2) is 25.5 Å². The van der Waals surface area contributed by atoms with E-state index in [0.29, 0.717) is 16.9 Å². The van der Waals surface area contributed by atoms with Crippen molar-refractivity contribution in [3.05, 3.63) is 107 Å². The minimum absolute atomic E-state index is 0.0255. The molecule has 0 saturated heterocycles. The minimum atomic E-state index is -0.431. The number of phenolic OH excluding ortho intramolecular Hbond substituents is 5. The Morgan fingerprint density at radius 2 is 1.12 bits per heavy atom. The van der Waals surface area contributed by atoms with Gasteiger partial charge in [0.15, 0.2) is 0 Å². The fraction of sp³-hybridized carbons (Fsp3) is 0.0714. The van der Waals surface area contributed by atoms with Gasteiger partial charge >= 0.3 is 0 Å². The third-order valence-electron chi connectivity index (χ3n) is 5.82. The number of ether oxygens (including phenoxy) is 1. The summed E-state index contributed by atoms with van der Waals surface area (Å²) >= 11 is 0. The molecule has 0 saturated carbocycles. The molecule has 5 rings (SSSR count). The molecule has 6 heteroatoms. The van der Waals surface area contributed by atoms with Crippen molar-refractivity contribution in [3.8, 4) is 34.5 Å². The highest BCUT2D eigenvalue weighted by atomic mass is 16.5. The lowest BCUT2D eigenvalue weighted by molar-refractivity contribution is 0.222. The average molecular weight is 454 g/mol. The van der Waals surface area contributed by atoms with E-state index in [2.05, 4.69) is 0 Å². The molecule has 0 aromatic heterocycles. The number of benzene rings is 4. The molecule has 6 nitrogen and oxygen atoms in total. The molecule has 0 fully saturated rings. The van der Waals surface area contributed by atoms with Gasteiger partial charge in [-0.05, 0) is 70.8 Å². The van der Waals surface area contributed by atoms with Gasteiger partial charge in [0.05, 0.1) is 5.92 Å². The van der Waals surface area contributed by atoms with Gasteiger partial charge in [-0.2, -0.15) is 0 Å². The summed E-state index contributed by atoms with van der Waals surface area (Å²) in [6, 6.07) is 21.4. The lowest BCUT2D eigenvalue weighted by Crippen LogP contribution is -2.11. The van der Waals surface area contributed by atoms with Crippen LogP contribution in [-0.2, 0) is 0 Å². The van der Waals surface area contributed by atoms with E-state index in [0.717, 1.165) is 16.7 Å². The first-order valence-electron chi connectivity index (χ1n) is 10.7. The smallest absolute Gasteiger partial charge is 0.135 e. The maximum atomic E-state index is 10.1. The Morgan fingerprint density at radius 1 is 0.529 bits per heavy atom. The quantitative estimate of drug-likeness (QED) is 0.255. The molecule has 34 heavy (non-hydrogen) atoms.